The normalized spacial score (nSPS) is 10.1. The maximum atomic E-state index is 11.8. The lowest BCUT2D eigenvalue weighted by atomic mass is 10.1. The Morgan fingerprint density at radius 3 is 2.76 bits per heavy atom. The summed E-state index contributed by atoms with van der Waals surface area (Å²) in [6.07, 6.45) is 3.96. The predicted octanol–water partition coefficient (Wildman–Crippen LogP) is 2.73. The highest BCUT2D eigenvalue weighted by Crippen LogP contribution is 2.13. The minimum atomic E-state index is 0.0526. The molecule has 1 aromatic carbocycles. The second-order valence-electron chi connectivity index (χ2n) is 4.79. The molecule has 0 saturated heterocycles. The van der Waals surface area contributed by atoms with Gasteiger partial charge in [-0.2, -0.15) is 0 Å². The monoisotopic (exact) mass is 284 g/mol. The van der Waals surface area contributed by atoms with Gasteiger partial charge in [-0.05, 0) is 24.5 Å². The lowest BCUT2D eigenvalue weighted by Gasteiger charge is -2.08. The molecule has 0 bridgehead atoms. The van der Waals surface area contributed by atoms with E-state index >= 15 is 0 Å². The van der Waals surface area contributed by atoms with Crippen LogP contribution in [0.25, 0.3) is 0 Å². The van der Waals surface area contributed by atoms with E-state index in [-0.39, 0.29) is 5.91 Å². The van der Waals surface area contributed by atoms with Gasteiger partial charge in [-0.3, -0.25) is 4.79 Å². The van der Waals surface area contributed by atoms with Crippen LogP contribution in [0.15, 0.2) is 48.7 Å². The summed E-state index contributed by atoms with van der Waals surface area (Å²) in [7, 11) is 1.58. The van der Waals surface area contributed by atoms with Gasteiger partial charge in [0.15, 0.2) is 0 Å². The number of pyridine rings is 1. The van der Waals surface area contributed by atoms with Crippen LogP contribution in [-0.2, 0) is 17.8 Å². The van der Waals surface area contributed by atoms with E-state index in [9.17, 15) is 4.79 Å². The fourth-order valence-corrected chi connectivity index (χ4v) is 2.12. The minimum absolute atomic E-state index is 0.0526. The van der Waals surface area contributed by atoms with E-state index < -0.39 is 0 Å². The third-order valence-corrected chi connectivity index (χ3v) is 3.23. The molecule has 0 aliphatic heterocycles. The summed E-state index contributed by atoms with van der Waals surface area (Å²) < 4.78 is 5.15. The van der Waals surface area contributed by atoms with Gasteiger partial charge in [-0.25, -0.2) is 4.98 Å². The van der Waals surface area contributed by atoms with E-state index in [0.29, 0.717) is 18.8 Å². The third-order valence-electron chi connectivity index (χ3n) is 3.23. The Balaban J connectivity index is 1.72. The SMILES string of the molecule is COc1ncccc1CNC(=O)CCCc1ccccc1. The Bertz CT molecular complexity index is 570. The highest BCUT2D eigenvalue weighted by molar-refractivity contribution is 5.75. The molecule has 0 aliphatic carbocycles. The second-order valence-corrected chi connectivity index (χ2v) is 4.79. The Hall–Kier alpha value is -2.36. The van der Waals surface area contributed by atoms with Crippen molar-refractivity contribution in [1.29, 1.82) is 0 Å². The van der Waals surface area contributed by atoms with Gasteiger partial charge in [0.1, 0.15) is 0 Å². The van der Waals surface area contributed by atoms with Crippen molar-refractivity contribution < 1.29 is 9.53 Å². The molecule has 2 rings (SSSR count). The van der Waals surface area contributed by atoms with Crippen LogP contribution in [0.4, 0.5) is 0 Å². The second kappa shape index (κ2) is 8.04. The minimum Gasteiger partial charge on any atom is -0.481 e. The molecular formula is C17H20N2O2. The number of aromatic nitrogens is 1. The van der Waals surface area contributed by atoms with Gasteiger partial charge in [0, 0.05) is 24.7 Å². The van der Waals surface area contributed by atoms with Crippen LogP contribution in [0.5, 0.6) is 5.88 Å². The zero-order valence-corrected chi connectivity index (χ0v) is 12.2. The number of methoxy groups -OCH3 is 1. The van der Waals surface area contributed by atoms with Gasteiger partial charge < -0.3 is 10.1 Å². The van der Waals surface area contributed by atoms with Crippen LogP contribution in [0.3, 0.4) is 0 Å². The summed E-state index contributed by atoms with van der Waals surface area (Å²) in [5.74, 6) is 0.610. The number of hydrogen-bond donors (Lipinski definition) is 1. The molecule has 110 valence electrons. The Morgan fingerprint density at radius 1 is 1.19 bits per heavy atom. The largest absolute Gasteiger partial charge is 0.481 e. The zero-order valence-electron chi connectivity index (χ0n) is 12.2. The molecule has 1 aromatic heterocycles. The summed E-state index contributed by atoms with van der Waals surface area (Å²) in [5.41, 5.74) is 2.15. The van der Waals surface area contributed by atoms with Crippen molar-refractivity contribution in [3.8, 4) is 5.88 Å². The van der Waals surface area contributed by atoms with E-state index in [2.05, 4.69) is 22.4 Å². The molecule has 0 unspecified atom stereocenters. The van der Waals surface area contributed by atoms with Gasteiger partial charge in [0.05, 0.1) is 7.11 Å². The fraction of sp³-hybridized carbons (Fsp3) is 0.294. The van der Waals surface area contributed by atoms with Crippen LogP contribution in [-0.4, -0.2) is 18.0 Å². The van der Waals surface area contributed by atoms with Crippen molar-refractivity contribution >= 4 is 5.91 Å². The number of benzene rings is 1. The molecule has 0 fully saturated rings. The van der Waals surface area contributed by atoms with Gasteiger partial charge in [0.25, 0.3) is 0 Å². The molecule has 1 heterocycles. The van der Waals surface area contributed by atoms with Crippen LogP contribution in [0, 0.1) is 0 Å². The average molecular weight is 284 g/mol. The maximum absolute atomic E-state index is 11.8. The number of amides is 1. The van der Waals surface area contributed by atoms with E-state index in [1.54, 1.807) is 13.3 Å². The molecule has 0 aliphatic rings. The first-order chi connectivity index (χ1) is 10.3. The fourth-order valence-electron chi connectivity index (χ4n) is 2.12. The van der Waals surface area contributed by atoms with E-state index in [1.165, 1.54) is 5.56 Å². The number of rotatable bonds is 7. The van der Waals surface area contributed by atoms with Crippen molar-refractivity contribution in [1.82, 2.24) is 10.3 Å². The maximum Gasteiger partial charge on any atom is 0.220 e. The van der Waals surface area contributed by atoms with Crippen molar-refractivity contribution in [2.75, 3.05) is 7.11 Å². The molecule has 4 heteroatoms. The Labute approximate surface area is 125 Å². The lowest BCUT2D eigenvalue weighted by molar-refractivity contribution is -0.121. The molecule has 21 heavy (non-hydrogen) atoms. The van der Waals surface area contributed by atoms with Gasteiger partial charge in [-0.1, -0.05) is 36.4 Å². The first kappa shape index (κ1) is 15.0. The van der Waals surface area contributed by atoms with Crippen LogP contribution >= 0.6 is 0 Å². The highest BCUT2D eigenvalue weighted by Gasteiger charge is 2.06. The molecule has 0 radical (unpaired) electrons. The standard InChI is InChI=1S/C17H20N2O2/c1-21-17-15(10-6-12-18-17)13-19-16(20)11-5-9-14-7-3-2-4-8-14/h2-4,6-8,10,12H,5,9,11,13H2,1H3,(H,19,20). The first-order valence-electron chi connectivity index (χ1n) is 7.08. The van der Waals surface area contributed by atoms with Crippen LogP contribution < -0.4 is 10.1 Å². The number of carbonyl (C=O) groups is 1. The lowest BCUT2D eigenvalue weighted by Crippen LogP contribution is -2.22. The molecule has 4 nitrogen and oxygen atoms in total. The van der Waals surface area contributed by atoms with Gasteiger partial charge in [-0.15, -0.1) is 0 Å². The molecule has 0 atom stereocenters. The molecule has 2 aromatic rings. The van der Waals surface area contributed by atoms with Crippen molar-refractivity contribution in [3.63, 3.8) is 0 Å². The van der Waals surface area contributed by atoms with Crippen molar-refractivity contribution in [2.45, 2.75) is 25.8 Å². The zero-order chi connectivity index (χ0) is 14.9. The number of carbonyl (C=O) groups excluding carboxylic acids is 1. The van der Waals surface area contributed by atoms with Gasteiger partial charge in [0.2, 0.25) is 11.8 Å². The summed E-state index contributed by atoms with van der Waals surface area (Å²) in [4.78, 5) is 15.9. The highest BCUT2D eigenvalue weighted by atomic mass is 16.5. The third kappa shape index (κ3) is 4.91. The summed E-state index contributed by atoms with van der Waals surface area (Å²) in [5, 5.41) is 2.90. The van der Waals surface area contributed by atoms with E-state index in [4.69, 9.17) is 4.74 Å². The topological polar surface area (TPSA) is 51.2 Å². The van der Waals surface area contributed by atoms with E-state index in [1.807, 2.05) is 30.3 Å². The van der Waals surface area contributed by atoms with Crippen molar-refractivity contribution in [3.05, 3.63) is 59.8 Å². The average Bonchev–Trinajstić information content (AvgIpc) is 2.54. The van der Waals surface area contributed by atoms with Crippen molar-refractivity contribution in [2.24, 2.45) is 0 Å². The number of hydrogen-bond acceptors (Lipinski definition) is 3. The van der Waals surface area contributed by atoms with Crippen LogP contribution in [0.1, 0.15) is 24.0 Å². The number of nitrogens with zero attached hydrogens (tertiary/aromatic N) is 1. The predicted molar refractivity (Wildman–Crippen MR) is 82.0 cm³/mol. The molecular weight excluding hydrogens is 264 g/mol. The van der Waals surface area contributed by atoms with Gasteiger partial charge >= 0.3 is 0 Å². The smallest absolute Gasteiger partial charge is 0.220 e. The quantitative estimate of drug-likeness (QED) is 0.850. The number of ether oxygens (including phenoxy) is 1. The summed E-state index contributed by atoms with van der Waals surface area (Å²) >= 11 is 0. The summed E-state index contributed by atoms with van der Waals surface area (Å²) in [6, 6.07) is 13.9. The number of aryl methyl sites for hydroxylation is 1. The molecule has 0 saturated carbocycles. The van der Waals surface area contributed by atoms with Crippen LogP contribution in [0.2, 0.25) is 0 Å². The molecule has 1 N–H and O–H groups in total. The Morgan fingerprint density at radius 2 is 2.00 bits per heavy atom. The van der Waals surface area contributed by atoms with E-state index in [0.717, 1.165) is 18.4 Å². The molecule has 0 spiro atoms. The molecule has 1 amide bonds. The number of nitrogens with one attached hydrogen (secondary N) is 1. The first-order valence-corrected chi connectivity index (χ1v) is 7.08. The Kier molecular flexibility index (Phi) is 5.76. The summed E-state index contributed by atoms with van der Waals surface area (Å²) in [6.45, 7) is 0.446.